The zero-order chi connectivity index (χ0) is 13.9. The summed E-state index contributed by atoms with van der Waals surface area (Å²) in [4.78, 5) is 7.29. The zero-order valence-corrected chi connectivity index (χ0v) is 14.7. The summed E-state index contributed by atoms with van der Waals surface area (Å²) in [5, 5.41) is 0. The molecule has 0 aromatic carbocycles. The third-order valence-electron chi connectivity index (χ3n) is 4.26. The molecule has 3 heterocycles. The van der Waals surface area contributed by atoms with Crippen LogP contribution in [-0.2, 0) is 6.54 Å². The van der Waals surface area contributed by atoms with Crippen LogP contribution < -0.4 is 5.73 Å². The van der Waals surface area contributed by atoms with Crippen LogP contribution >= 0.6 is 24.8 Å². The number of pyridine rings is 1. The number of likely N-dealkylation sites (tertiary alicyclic amines) is 1. The van der Waals surface area contributed by atoms with Crippen LogP contribution in [0.1, 0.15) is 36.9 Å². The topological polar surface area (TPSA) is 46.6 Å². The Bertz CT molecular complexity index is 583. The molecule has 0 bridgehead atoms. The predicted molar refractivity (Wildman–Crippen MR) is 96.1 cm³/mol. The van der Waals surface area contributed by atoms with Crippen LogP contribution in [0.2, 0.25) is 0 Å². The summed E-state index contributed by atoms with van der Waals surface area (Å²) >= 11 is 0. The molecule has 124 valence electrons. The number of nitrogens with two attached hydrogens (primary N) is 1. The van der Waals surface area contributed by atoms with E-state index in [1.807, 2.05) is 0 Å². The number of fused-ring (bicyclic) bond motifs is 1. The molecule has 0 spiro atoms. The first-order valence-electron chi connectivity index (χ1n) is 7.64. The Kier molecular flexibility index (Phi) is 7.63. The van der Waals surface area contributed by atoms with Crippen molar-refractivity contribution in [2.24, 2.45) is 5.73 Å². The van der Waals surface area contributed by atoms with Crippen molar-refractivity contribution in [1.29, 1.82) is 0 Å². The van der Waals surface area contributed by atoms with Gasteiger partial charge < -0.3 is 10.1 Å². The minimum atomic E-state index is 0. The number of aryl methyl sites for hydroxylation is 1. The lowest BCUT2D eigenvalue weighted by Crippen LogP contribution is -2.40. The summed E-state index contributed by atoms with van der Waals surface area (Å²) in [5.74, 6) is 0. The molecular weight excluding hydrogens is 319 g/mol. The monoisotopic (exact) mass is 344 g/mol. The molecule has 1 aliphatic heterocycles. The van der Waals surface area contributed by atoms with E-state index in [0.29, 0.717) is 6.04 Å². The van der Waals surface area contributed by atoms with E-state index in [4.69, 9.17) is 10.7 Å². The van der Waals surface area contributed by atoms with Crippen molar-refractivity contribution in [2.45, 2.75) is 45.2 Å². The molecule has 0 saturated carbocycles. The summed E-state index contributed by atoms with van der Waals surface area (Å²) < 4.78 is 2.13. The van der Waals surface area contributed by atoms with Gasteiger partial charge in [-0.25, -0.2) is 4.98 Å². The highest BCUT2D eigenvalue weighted by Gasteiger charge is 2.22. The second-order valence-corrected chi connectivity index (χ2v) is 5.90. The number of hydrogen-bond acceptors (Lipinski definition) is 3. The number of nitrogens with zero attached hydrogens (tertiary/aromatic N) is 3. The molecular formula is C16H26Cl2N4. The van der Waals surface area contributed by atoms with Crippen molar-refractivity contribution in [2.75, 3.05) is 13.1 Å². The highest BCUT2D eigenvalue weighted by Crippen LogP contribution is 2.21. The average Bonchev–Trinajstić information content (AvgIpc) is 2.82. The van der Waals surface area contributed by atoms with Crippen LogP contribution in [0.25, 0.3) is 5.65 Å². The molecule has 0 amide bonds. The summed E-state index contributed by atoms with van der Waals surface area (Å²) in [6.07, 6.45) is 9.32. The Hall–Kier alpha value is -0.810. The molecule has 4 nitrogen and oxygen atoms in total. The number of rotatable bonds is 4. The van der Waals surface area contributed by atoms with E-state index in [9.17, 15) is 0 Å². The van der Waals surface area contributed by atoms with Crippen molar-refractivity contribution in [3.05, 3.63) is 35.8 Å². The van der Waals surface area contributed by atoms with E-state index in [-0.39, 0.29) is 24.8 Å². The minimum absolute atomic E-state index is 0. The van der Waals surface area contributed by atoms with Crippen molar-refractivity contribution in [1.82, 2.24) is 14.3 Å². The average molecular weight is 345 g/mol. The molecule has 2 N–H and O–H groups in total. The second kappa shape index (κ2) is 8.73. The standard InChI is InChI=1S/C16H24N4.2ClH/c1-13-5-6-16-18-14(12-20(16)10-13)11-19-9-3-2-4-15(19)7-8-17;;/h5-6,10,12,15H,2-4,7-9,11,17H2,1H3;2*1H. The van der Waals surface area contributed by atoms with E-state index >= 15 is 0 Å². The van der Waals surface area contributed by atoms with Gasteiger partial charge in [0.2, 0.25) is 0 Å². The molecule has 6 heteroatoms. The van der Waals surface area contributed by atoms with E-state index < -0.39 is 0 Å². The lowest BCUT2D eigenvalue weighted by atomic mass is 9.99. The molecule has 1 saturated heterocycles. The lowest BCUT2D eigenvalue weighted by molar-refractivity contribution is 0.132. The van der Waals surface area contributed by atoms with Gasteiger partial charge in [-0.1, -0.05) is 12.5 Å². The molecule has 1 atom stereocenters. The molecule has 1 aliphatic rings. The van der Waals surface area contributed by atoms with Crippen LogP contribution in [0.4, 0.5) is 0 Å². The summed E-state index contributed by atoms with van der Waals surface area (Å²) in [6, 6.07) is 4.84. The third-order valence-corrected chi connectivity index (χ3v) is 4.26. The summed E-state index contributed by atoms with van der Waals surface area (Å²) in [6.45, 7) is 5.02. The van der Waals surface area contributed by atoms with Crippen molar-refractivity contribution >= 4 is 30.5 Å². The fourth-order valence-electron chi connectivity index (χ4n) is 3.23. The van der Waals surface area contributed by atoms with Crippen molar-refractivity contribution in [3.63, 3.8) is 0 Å². The highest BCUT2D eigenvalue weighted by atomic mass is 35.5. The first kappa shape index (κ1) is 19.2. The van der Waals surface area contributed by atoms with Crippen LogP contribution in [0.5, 0.6) is 0 Å². The lowest BCUT2D eigenvalue weighted by Gasteiger charge is -2.35. The quantitative estimate of drug-likeness (QED) is 0.926. The molecule has 1 fully saturated rings. The van der Waals surface area contributed by atoms with E-state index in [2.05, 4.69) is 40.8 Å². The fraction of sp³-hybridized carbons (Fsp3) is 0.562. The van der Waals surface area contributed by atoms with Gasteiger partial charge in [-0.05, 0) is 50.9 Å². The van der Waals surface area contributed by atoms with E-state index in [1.54, 1.807) is 0 Å². The van der Waals surface area contributed by atoms with Gasteiger partial charge >= 0.3 is 0 Å². The van der Waals surface area contributed by atoms with Crippen LogP contribution in [0.15, 0.2) is 24.5 Å². The Morgan fingerprint density at radius 3 is 2.82 bits per heavy atom. The SMILES string of the molecule is Cc1ccc2nc(CN3CCCCC3CCN)cn2c1.Cl.Cl. The molecule has 2 aromatic heterocycles. The number of hydrogen-bond donors (Lipinski definition) is 1. The van der Waals surface area contributed by atoms with E-state index in [0.717, 1.165) is 25.2 Å². The number of halogens is 2. The predicted octanol–water partition coefficient (Wildman–Crippen LogP) is 3.19. The summed E-state index contributed by atoms with van der Waals surface area (Å²) in [7, 11) is 0. The maximum atomic E-state index is 5.75. The minimum Gasteiger partial charge on any atom is -0.330 e. The number of imidazole rings is 1. The van der Waals surface area contributed by atoms with Crippen molar-refractivity contribution in [3.8, 4) is 0 Å². The Balaban J connectivity index is 0.00000121. The van der Waals surface area contributed by atoms with Crippen LogP contribution in [0.3, 0.4) is 0 Å². The van der Waals surface area contributed by atoms with E-state index in [1.165, 1.54) is 37.1 Å². The van der Waals surface area contributed by atoms with Crippen molar-refractivity contribution < 1.29 is 0 Å². The first-order valence-corrected chi connectivity index (χ1v) is 7.64. The molecule has 0 radical (unpaired) electrons. The fourth-order valence-corrected chi connectivity index (χ4v) is 3.23. The molecule has 3 rings (SSSR count). The van der Waals surface area contributed by atoms with Gasteiger partial charge in [-0.2, -0.15) is 0 Å². The number of piperidine rings is 1. The zero-order valence-electron chi connectivity index (χ0n) is 13.1. The molecule has 2 aromatic rings. The van der Waals surface area contributed by atoms with Gasteiger partial charge in [0.1, 0.15) is 5.65 Å². The maximum absolute atomic E-state index is 5.75. The summed E-state index contributed by atoms with van der Waals surface area (Å²) in [5.41, 5.74) is 9.22. The Morgan fingerprint density at radius 2 is 2.05 bits per heavy atom. The second-order valence-electron chi connectivity index (χ2n) is 5.90. The van der Waals surface area contributed by atoms with Gasteiger partial charge in [0.25, 0.3) is 0 Å². The normalized spacial score (nSPS) is 18.7. The van der Waals surface area contributed by atoms with Crippen LogP contribution in [0, 0.1) is 6.92 Å². The largest absolute Gasteiger partial charge is 0.330 e. The molecule has 1 unspecified atom stereocenters. The van der Waals surface area contributed by atoms with Gasteiger partial charge in [0.05, 0.1) is 5.69 Å². The first-order chi connectivity index (χ1) is 9.76. The van der Waals surface area contributed by atoms with Gasteiger partial charge in [0, 0.05) is 25.0 Å². The smallest absolute Gasteiger partial charge is 0.137 e. The van der Waals surface area contributed by atoms with Crippen LogP contribution in [-0.4, -0.2) is 33.4 Å². The third kappa shape index (κ3) is 4.35. The Morgan fingerprint density at radius 1 is 1.23 bits per heavy atom. The number of aromatic nitrogens is 2. The molecule has 22 heavy (non-hydrogen) atoms. The van der Waals surface area contributed by atoms with Gasteiger partial charge in [0.15, 0.2) is 0 Å². The highest BCUT2D eigenvalue weighted by molar-refractivity contribution is 5.85. The molecule has 0 aliphatic carbocycles. The van der Waals surface area contributed by atoms with Gasteiger partial charge in [-0.15, -0.1) is 24.8 Å². The van der Waals surface area contributed by atoms with Gasteiger partial charge in [-0.3, -0.25) is 4.90 Å². The Labute approximate surface area is 144 Å². The maximum Gasteiger partial charge on any atom is 0.137 e.